The Labute approximate surface area is 437 Å². The maximum absolute atomic E-state index is 12.6. The van der Waals surface area contributed by atoms with Gasteiger partial charge in [0, 0.05) is 53.8 Å². The zero-order chi connectivity index (χ0) is 53.9. The van der Waals surface area contributed by atoms with Gasteiger partial charge in [-0.25, -0.2) is 0 Å². The van der Waals surface area contributed by atoms with Gasteiger partial charge in [0.25, 0.3) is 17.4 Å². The Balaban J connectivity index is 0.000000317. The monoisotopic (exact) mass is 1140 g/mol. The van der Waals surface area contributed by atoms with Gasteiger partial charge in [-0.05, 0) is 52.3 Å². The van der Waals surface area contributed by atoms with Crippen LogP contribution in [0.3, 0.4) is 0 Å². The molecule has 0 aliphatic carbocycles. The van der Waals surface area contributed by atoms with Gasteiger partial charge in [0.2, 0.25) is 11.8 Å². The summed E-state index contributed by atoms with van der Waals surface area (Å²) < 4.78 is 5.08. The molecule has 0 saturated carbocycles. The molecule has 1 aliphatic rings. The van der Waals surface area contributed by atoms with E-state index in [0.717, 1.165) is 6.20 Å². The normalized spacial score (nSPS) is 15.5. The number of aliphatic carboxylic acids is 2. The number of hydrogen-bond acceptors (Lipinski definition) is 17. The number of carboxylic acid groups (broad SMARTS) is 2. The van der Waals surface area contributed by atoms with Crippen LogP contribution in [0.5, 0.6) is 11.5 Å². The van der Waals surface area contributed by atoms with Crippen LogP contribution in [0.2, 0.25) is 15.1 Å². The van der Waals surface area contributed by atoms with Crippen molar-refractivity contribution in [2.45, 2.75) is 43.4 Å². The van der Waals surface area contributed by atoms with E-state index in [1.165, 1.54) is 55.9 Å². The fraction of sp³-hybridized carbons (Fsp3) is 0.326. The molecule has 26 nitrogen and oxygen atoms in total. The third-order valence-electron chi connectivity index (χ3n) is 9.94. The second-order valence-corrected chi connectivity index (χ2v) is 17.6. The van der Waals surface area contributed by atoms with Crippen LogP contribution < -0.4 is 53.8 Å². The number of benzene rings is 2. The van der Waals surface area contributed by atoms with E-state index < -0.39 is 103 Å². The molecule has 1 aliphatic heterocycles. The molecule has 4 aromatic rings. The van der Waals surface area contributed by atoms with Gasteiger partial charge < -0.3 is 78.0 Å². The molecule has 1 saturated heterocycles. The fourth-order valence-corrected chi connectivity index (χ4v) is 7.76. The lowest BCUT2D eigenvalue weighted by Gasteiger charge is -2.20. The van der Waals surface area contributed by atoms with Crippen molar-refractivity contribution in [2.75, 3.05) is 57.1 Å². The smallest absolute Gasteiger partial charge is 0.305 e. The minimum atomic E-state index is -1.27. The van der Waals surface area contributed by atoms with Gasteiger partial charge in [-0.1, -0.05) is 34.8 Å². The Kier molecular flexibility index (Phi) is 22.9. The number of amides is 4. The van der Waals surface area contributed by atoms with Gasteiger partial charge in [0.1, 0.15) is 23.5 Å². The van der Waals surface area contributed by atoms with Crippen molar-refractivity contribution in [1.29, 1.82) is 0 Å². The minimum Gasteiger partial charge on any atom is -0.506 e. The number of aromatic amines is 1. The number of nitrogens with zero attached hydrogens (tertiary/aromatic N) is 2. The topological polar surface area (TPSA) is 413 Å². The van der Waals surface area contributed by atoms with Crippen LogP contribution in [-0.2, 0) is 23.9 Å². The highest BCUT2D eigenvalue weighted by atomic mass is 79.9. The van der Waals surface area contributed by atoms with Crippen LogP contribution in [0.1, 0.15) is 56.8 Å². The first kappa shape index (κ1) is 58.7. The number of hydrogen-bond donors (Lipinski definition) is 16. The summed E-state index contributed by atoms with van der Waals surface area (Å²) in [6, 6.07) is 5.71. The molecule has 4 atom stereocenters. The number of ether oxygens (including phenoxy) is 1. The van der Waals surface area contributed by atoms with Crippen molar-refractivity contribution < 1.29 is 64.1 Å². The number of aliphatic imine (C=N–C) groups is 1. The molecule has 0 spiro atoms. The first-order chi connectivity index (χ1) is 34.5. The molecule has 3 heterocycles. The Hall–Kier alpha value is -6.82. The fourth-order valence-electron chi connectivity index (χ4n) is 6.42. The molecular formula is C43H50BrCl3N12O14. The Morgan fingerprint density at radius 2 is 1.37 bits per heavy atom. The van der Waals surface area contributed by atoms with E-state index >= 15 is 0 Å². The largest absolute Gasteiger partial charge is 0.506 e. The van der Waals surface area contributed by atoms with Crippen LogP contribution in [0.25, 0.3) is 0 Å². The number of β-amino-alcohol motifs (C(OH)–C–C–N with tert-alkyl or cyclic N) is 2. The number of carbonyl (C=O) groups is 6. The molecule has 1 fully saturated rings. The minimum absolute atomic E-state index is 0.00375. The van der Waals surface area contributed by atoms with E-state index in [0.29, 0.717) is 12.3 Å². The van der Waals surface area contributed by atoms with Crippen LogP contribution >= 0.6 is 50.7 Å². The lowest BCUT2D eigenvalue weighted by atomic mass is 10.0. The van der Waals surface area contributed by atoms with Crippen molar-refractivity contribution in [1.82, 2.24) is 41.9 Å². The number of rotatable bonds is 20. The molecular weight excluding hydrogens is 1090 g/mol. The number of guanidine groups is 1. The van der Waals surface area contributed by atoms with Crippen molar-refractivity contribution in [2.24, 2.45) is 10.7 Å². The van der Waals surface area contributed by atoms with Crippen LogP contribution in [0.15, 0.2) is 69.2 Å². The summed E-state index contributed by atoms with van der Waals surface area (Å²) in [5.74, 6) is -6.04. The third kappa shape index (κ3) is 18.9. The number of nitrogens with two attached hydrogens (primary N) is 1. The van der Waals surface area contributed by atoms with Crippen LogP contribution in [0.4, 0.5) is 11.4 Å². The number of methoxy groups -OCH3 is 1. The van der Waals surface area contributed by atoms with E-state index in [-0.39, 0.29) is 78.8 Å². The number of aliphatic hydroxyl groups excluding tert-OH is 2. The maximum Gasteiger partial charge on any atom is 0.305 e. The number of carboxylic acids is 2. The molecule has 73 heavy (non-hydrogen) atoms. The Morgan fingerprint density at radius 3 is 1.93 bits per heavy atom. The van der Waals surface area contributed by atoms with E-state index in [1.54, 1.807) is 0 Å². The van der Waals surface area contributed by atoms with E-state index in [2.05, 4.69) is 73.4 Å². The number of aliphatic hydroxyl groups is 2. The molecule has 5 rings (SSSR count). The number of phenolic OH excluding ortho intramolecular Hbond substituents is 2. The molecule has 0 unspecified atom stereocenters. The van der Waals surface area contributed by atoms with E-state index in [1.807, 2.05) is 0 Å². The number of phenols is 2. The second-order valence-electron chi connectivity index (χ2n) is 15.5. The van der Waals surface area contributed by atoms with E-state index in [4.69, 9.17) is 45.3 Å². The number of pyridine rings is 2. The van der Waals surface area contributed by atoms with Gasteiger partial charge in [0.15, 0.2) is 5.96 Å². The summed E-state index contributed by atoms with van der Waals surface area (Å²) in [7, 11) is 1.50. The van der Waals surface area contributed by atoms with Gasteiger partial charge in [-0.3, -0.25) is 54.2 Å². The average molecular weight is 1150 g/mol. The molecule has 17 N–H and O–H groups in total. The first-order valence-electron chi connectivity index (χ1n) is 21.3. The first-order valence-corrected chi connectivity index (χ1v) is 23.2. The Morgan fingerprint density at radius 1 is 0.822 bits per heavy atom. The summed E-state index contributed by atoms with van der Waals surface area (Å²) in [4.78, 5) is 95.0. The molecule has 4 amide bonds. The second kappa shape index (κ2) is 28.4. The number of aromatic hydroxyl groups is 2. The standard InChI is InChI=1S/C22H26BrClN6O7.C21H24Cl2N6O7/c23-14-3-11(24)2-13(20(14)36)15(4-19(34)35)30-18(33)9-26-21(37)10-1-12(6-25-5-10)29-22-27-7-16(31)17(32)8-28-22;1-36-3-2-25-21(24)29-15-4-10(8-26-20(15)35)19(34)27-9-16(30)28-14(7-17(31)32)12-5-11(22)6-13(23)18(12)33/h1-3,5-6,15-17,22,27-29,31-32,36H,4,7-9H2,(H,26,37)(H,30,33)(H,34,35);4-6,8,14,33H,2-3,7,9H2,1H3,(H,26,35)(H,27,34)(H,28,30)(H,31,32)(H3,24,25,29)/t15-,16-,17-;14-/m00/s1. The summed E-state index contributed by atoms with van der Waals surface area (Å²) in [6.45, 7) is -0.170. The van der Waals surface area contributed by atoms with Gasteiger partial charge in [-0.2, -0.15) is 0 Å². The molecule has 394 valence electrons. The van der Waals surface area contributed by atoms with Crippen molar-refractivity contribution in [3.8, 4) is 11.5 Å². The number of halogens is 4. The summed E-state index contributed by atoms with van der Waals surface area (Å²) >= 11 is 21.0. The van der Waals surface area contributed by atoms with Gasteiger partial charge in [-0.15, -0.1) is 0 Å². The highest BCUT2D eigenvalue weighted by Gasteiger charge is 2.26. The average Bonchev–Trinajstić information content (AvgIpc) is 3.48. The lowest BCUT2D eigenvalue weighted by Crippen LogP contribution is -2.47. The maximum atomic E-state index is 12.6. The summed E-state index contributed by atoms with van der Waals surface area (Å²) in [6.07, 6.45) is 0.414. The molecule has 2 aromatic carbocycles. The zero-order valence-electron chi connectivity index (χ0n) is 38.2. The summed E-state index contributed by atoms with van der Waals surface area (Å²) in [5, 5.41) is 79.9. The quantitative estimate of drug-likeness (QED) is 0.0329. The SMILES string of the molecule is COCCN=C(N)Nc1cc(C(=O)NCC(=O)N[C@@H](CC(=O)O)c2cc(Cl)cc(Cl)c2O)c[nH]c1=O.O=C(O)C[C@H](NC(=O)CNC(=O)c1cncc(NC2NC[C@H](O)[C@@H](O)CN2)c1)c1cc(Cl)cc(Br)c1O. The zero-order valence-corrected chi connectivity index (χ0v) is 42.0. The number of aromatic nitrogens is 2. The van der Waals surface area contributed by atoms with E-state index in [9.17, 15) is 64.2 Å². The number of H-pyrrole nitrogens is 1. The van der Waals surface area contributed by atoms with Crippen molar-refractivity contribution in [3.05, 3.63) is 107 Å². The van der Waals surface area contributed by atoms with Gasteiger partial charge >= 0.3 is 11.9 Å². The Bertz CT molecular complexity index is 2730. The number of carbonyl (C=O) groups excluding carboxylic acids is 4. The number of nitrogens with one attached hydrogen (secondary N) is 9. The van der Waals surface area contributed by atoms with Crippen molar-refractivity contribution >= 4 is 104 Å². The predicted octanol–water partition coefficient (Wildman–Crippen LogP) is 0.698. The van der Waals surface area contributed by atoms with Crippen LogP contribution in [0, 0.1) is 0 Å². The molecule has 0 radical (unpaired) electrons. The third-order valence-corrected chi connectivity index (χ3v) is 11.3. The molecule has 2 aromatic heterocycles. The van der Waals surface area contributed by atoms with Crippen molar-refractivity contribution in [3.63, 3.8) is 0 Å². The molecule has 0 bridgehead atoms. The highest BCUT2D eigenvalue weighted by Crippen LogP contribution is 2.37. The van der Waals surface area contributed by atoms with Gasteiger partial charge in [0.05, 0.1) is 95.9 Å². The molecule has 30 heteroatoms. The van der Waals surface area contributed by atoms with Crippen LogP contribution in [-0.4, -0.2) is 147 Å². The number of anilines is 2. The summed E-state index contributed by atoms with van der Waals surface area (Å²) in [5.41, 5.74) is 5.77. The predicted molar refractivity (Wildman–Crippen MR) is 269 cm³/mol. The lowest BCUT2D eigenvalue weighted by molar-refractivity contribution is -0.139. The highest BCUT2D eigenvalue weighted by molar-refractivity contribution is 9.10.